The average molecular weight is 447 g/mol. The molecule has 0 radical (unpaired) electrons. The number of carboxylic acids is 1. The molecule has 0 bridgehead atoms. The van der Waals surface area contributed by atoms with Gasteiger partial charge in [0.05, 0.1) is 11.7 Å². The van der Waals surface area contributed by atoms with Crippen LogP contribution in [0.15, 0.2) is 0 Å². The van der Waals surface area contributed by atoms with Gasteiger partial charge in [-0.25, -0.2) is 14.4 Å². The number of carbonyl (C=O) groups is 4. The van der Waals surface area contributed by atoms with Crippen molar-refractivity contribution in [1.29, 1.82) is 0 Å². The van der Waals surface area contributed by atoms with Crippen molar-refractivity contribution in [3.8, 4) is 0 Å². The van der Waals surface area contributed by atoms with Crippen LogP contribution in [0.1, 0.15) is 69.2 Å². The minimum Gasteiger partial charge on any atom is -0.480 e. The summed E-state index contributed by atoms with van der Waals surface area (Å²) in [5.74, 6) is -3.22. The molecule has 0 aromatic heterocycles. The first-order valence-electron chi connectivity index (χ1n) is 10.2. The molecule has 2 amide bonds. The Balaban J connectivity index is 5.68. The summed E-state index contributed by atoms with van der Waals surface area (Å²) in [6, 6.07) is -2.73. The minimum absolute atomic E-state index is 0.475. The lowest BCUT2D eigenvalue weighted by Gasteiger charge is -2.33. The zero-order valence-electron chi connectivity index (χ0n) is 20.2. The quantitative estimate of drug-likeness (QED) is 0.458. The van der Waals surface area contributed by atoms with Crippen LogP contribution in [0.3, 0.4) is 0 Å². The third-order valence-corrected chi connectivity index (χ3v) is 3.80. The molecule has 0 aliphatic carbocycles. The second-order valence-corrected chi connectivity index (χ2v) is 9.72. The van der Waals surface area contributed by atoms with E-state index in [2.05, 4.69) is 10.6 Å². The van der Waals surface area contributed by atoms with E-state index in [4.69, 9.17) is 14.2 Å². The average Bonchev–Trinajstić information content (AvgIpc) is 2.51. The van der Waals surface area contributed by atoms with Crippen molar-refractivity contribution in [2.45, 2.75) is 105 Å². The third-order valence-electron chi connectivity index (χ3n) is 3.80. The van der Waals surface area contributed by atoms with Crippen LogP contribution >= 0.6 is 0 Å². The lowest BCUT2D eigenvalue weighted by Crippen LogP contribution is -2.56. The van der Waals surface area contributed by atoms with Crippen LogP contribution in [0.25, 0.3) is 0 Å². The summed E-state index contributed by atoms with van der Waals surface area (Å²) < 4.78 is 16.4. The second kappa shape index (κ2) is 11.3. The number of nitrogens with one attached hydrogen (secondary N) is 2. The molecule has 0 aliphatic heterocycles. The predicted octanol–water partition coefficient (Wildman–Crippen LogP) is 2.24. The Morgan fingerprint density at radius 2 is 1.35 bits per heavy atom. The van der Waals surface area contributed by atoms with E-state index in [1.807, 2.05) is 0 Å². The summed E-state index contributed by atoms with van der Waals surface area (Å²) in [7, 11) is 0. The molecule has 0 spiro atoms. The highest BCUT2D eigenvalue weighted by Gasteiger charge is 2.39. The molecular formula is C21H38N2O8. The highest BCUT2D eigenvalue weighted by Crippen LogP contribution is 2.18. The van der Waals surface area contributed by atoms with Crippen molar-refractivity contribution >= 4 is 23.9 Å². The Morgan fingerprint density at radius 3 is 1.71 bits per heavy atom. The highest BCUT2D eigenvalue weighted by atomic mass is 16.6. The first kappa shape index (κ1) is 28.6. The second-order valence-electron chi connectivity index (χ2n) is 9.72. The van der Waals surface area contributed by atoms with Gasteiger partial charge in [-0.05, 0) is 54.4 Å². The molecule has 10 heteroatoms. The van der Waals surface area contributed by atoms with Gasteiger partial charge in [0, 0.05) is 6.92 Å². The number of ether oxygens (including phenoxy) is 3. The van der Waals surface area contributed by atoms with Crippen molar-refractivity contribution in [3.05, 3.63) is 0 Å². The Hall–Kier alpha value is -2.36. The monoisotopic (exact) mass is 446 g/mol. The van der Waals surface area contributed by atoms with Crippen LogP contribution in [0, 0.1) is 5.92 Å². The number of hydrogen-bond donors (Lipinski definition) is 3. The Labute approximate surface area is 184 Å². The smallest absolute Gasteiger partial charge is 0.408 e. The predicted molar refractivity (Wildman–Crippen MR) is 113 cm³/mol. The molecule has 3 N–H and O–H groups in total. The molecule has 4 atom stereocenters. The maximum absolute atomic E-state index is 12.9. The van der Waals surface area contributed by atoms with Crippen molar-refractivity contribution < 1.29 is 38.5 Å². The van der Waals surface area contributed by atoms with Gasteiger partial charge < -0.3 is 30.0 Å². The lowest BCUT2D eigenvalue weighted by molar-refractivity contribution is -0.167. The standard InChI is InChI=1S/C21H38N2O8/c1-11(2)16(15(17(25)26)23-19(28)31-21(8,9)10)29-18(27)14(22-13(4)24)12(3)30-20(5,6)7/h11-12,14-16H,1-10H3,(H,22,24)(H,23,28)(H,25,26)/t12-,14+,15+,16-/m1/s1. The third kappa shape index (κ3) is 11.6. The number of alkyl carbamates (subject to hydrolysis) is 1. The maximum atomic E-state index is 12.9. The topological polar surface area (TPSA) is 140 Å². The zero-order valence-corrected chi connectivity index (χ0v) is 20.2. The number of amides is 2. The van der Waals surface area contributed by atoms with Gasteiger partial charge >= 0.3 is 18.0 Å². The van der Waals surface area contributed by atoms with Gasteiger partial charge in [-0.1, -0.05) is 13.8 Å². The van der Waals surface area contributed by atoms with Gasteiger partial charge in [0.25, 0.3) is 0 Å². The molecule has 0 aromatic rings. The van der Waals surface area contributed by atoms with Crippen LogP contribution in [0.2, 0.25) is 0 Å². The molecule has 0 unspecified atom stereocenters. The van der Waals surface area contributed by atoms with E-state index in [1.54, 1.807) is 62.3 Å². The number of esters is 1. The van der Waals surface area contributed by atoms with Crippen LogP contribution in [-0.2, 0) is 28.6 Å². The van der Waals surface area contributed by atoms with Crippen molar-refractivity contribution in [3.63, 3.8) is 0 Å². The van der Waals surface area contributed by atoms with Crippen molar-refractivity contribution in [2.75, 3.05) is 0 Å². The van der Waals surface area contributed by atoms with E-state index in [-0.39, 0.29) is 0 Å². The van der Waals surface area contributed by atoms with E-state index < -0.39 is 65.4 Å². The molecule has 0 rings (SSSR count). The summed E-state index contributed by atoms with van der Waals surface area (Å²) in [5, 5.41) is 14.4. The molecule has 0 fully saturated rings. The van der Waals surface area contributed by atoms with E-state index >= 15 is 0 Å². The summed E-state index contributed by atoms with van der Waals surface area (Å²) >= 11 is 0. The van der Waals surface area contributed by atoms with E-state index in [9.17, 15) is 24.3 Å². The molecule has 10 nitrogen and oxygen atoms in total. The first-order valence-corrected chi connectivity index (χ1v) is 10.2. The number of hydrogen-bond acceptors (Lipinski definition) is 7. The lowest BCUT2D eigenvalue weighted by atomic mass is 9.99. The maximum Gasteiger partial charge on any atom is 0.408 e. The first-order chi connectivity index (χ1) is 13.8. The number of carboxylic acid groups (broad SMARTS) is 1. The normalized spacial score (nSPS) is 16.0. The summed E-state index contributed by atoms with van der Waals surface area (Å²) in [6.45, 7) is 16.4. The van der Waals surface area contributed by atoms with Crippen LogP contribution in [0.4, 0.5) is 4.79 Å². The van der Waals surface area contributed by atoms with Crippen molar-refractivity contribution in [1.82, 2.24) is 10.6 Å². The van der Waals surface area contributed by atoms with Gasteiger partial charge in [0.2, 0.25) is 5.91 Å². The minimum atomic E-state index is -1.56. The highest BCUT2D eigenvalue weighted by molar-refractivity contribution is 5.85. The molecular weight excluding hydrogens is 408 g/mol. The fourth-order valence-electron chi connectivity index (χ4n) is 2.73. The molecule has 31 heavy (non-hydrogen) atoms. The molecule has 0 heterocycles. The van der Waals surface area contributed by atoms with E-state index in [0.29, 0.717) is 0 Å². The SMILES string of the molecule is CC(=O)N[C@H](C(=O)O[C@H](C(C)C)[C@H](NC(=O)OC(C)(C)C)C(=O)O)[C@@H](C)OC(C)(C)C. The molecule has 0 saturated carbocycles. The summed E-state index contributed by atoms with van der Waals surface area (Å²) in [6.07, 6.45) is -2.94. The molecule has 0 aliphatic rings. The Kier molecular flexibility index (Phi) is 10.5. The zero-order chi connectivity index (χ0) is 24.7. The Bertz CT molecular complexity index is 649. The fourth-order valence-corrected chi connectivity index (χ4v) is 2.73. The molecule has 180 valence electrons. The number of rotatable bonds is 9. The van der Waals surface area contributed by atoms with Crippen LogP contribution in [0.5, 0.6) is 0 Å². The molecule has 0 saturated heterocycles. The molecule has 0 aromatic carbocycles. The van der Waals surface area contributed by atoms with Gasteiger partial charge in [-0.3, -0.25) is 4.79 Å². The van der Waals surface area contributed by atoms with E-state index in [1.165, 1.54) is 6.92 Å². The van der Waals surface area contributed by atoms with Gasteiger partial charge in [0.1, 0.15) is 11.7 Å². The summed E-state index contributed by atoms with van der Waals surface area (Å²) in [4.78, 5) is 48.5. The Morgan fingerprint density at radius 1 is 0.839 bits per heavy atom. The summed E-state index contributed by atoms with van der Waals surface area (Å²) in [5.41, 5.74) is -1.44. The van der Waals surface area contributed by atoms with Crippen LogP contribution in [-0.4, -0.2) is 64.5 Å². The van der Waals surface area contributed by atoms with E-state index in [0.717, 1.165) is 0 Å². The van der Waals surface area contributed by atoms with Crippen LogP contribution < -0.4 is 10.6 Å². The van der Waals surface area contributed by atoms with Gasteiger partial charge in [-0.2, -0.15) is 0 Å². The number of carbonyl (C=O) groups excluding carboxylic acids is 3. The number of aliphatic carboxylic acids is 1. The van der Waals surface area contributed by atoms with Crippen molar-refractivity contribution in [2.24, 2.45) is 5.92 Å². The van der Waals surface area contributed by atoms with Gasteiger partial charge in [0.15, 0.2) is 12.1 Å². The largest absolute Gasteiger partial charge is 0.480 e. The fraction of sp³-hybridized carbons (Fsp3) is 0.810. The van der Waals surface area contributed by atoms with Gasteiger partial charge in [-0.15, -0.1) is 0 Å².